The standard InChI is InChI=1S/C11H13Cl2NO/c1-7(11(15)14(2)3)10-8(12)5-4-6-9(10)13/h4-7H,1-3H3/t7-/m0/s1. The Morgan fingerprint density at radius 2 is 1.73 bits per heavy atom. The Morgan fingerprint density at radius 3 is 2.13 bits per heavy atom. The predicted octanol–water partition coefficient (Wildman–Crippen LogP) is 3.19. The Hall–Kier alpha value is -0.730. The zero-order valence-electron chi connectivity index (χ0n) is 8.92. The third-order valence-corrected chi connectivity index (χ3v) is 2.90. The normalized spacial score (nSPS) is 12.3. The first-order valence-electron chi connectivity index (χ1n) is 4.60. The highest BCUT2D eigenvalue weighted by molar-refractivity contribution is 6.36. The van der Waals surface area contributed by atoms with Gasteiger partial charge >= 0.3 is 0 Å². The molecule has 0 heterocycles. The van der Waals surface area contributed by atoms with Crippen LogP contribution in [0.4, 0.5) is 0 Å². The van der Waals surface area contributed by atoms with Crippen LogP contribution < -0.4 is 0 Å². The molecule has 0 radical (unpaired) electrons. The predicted molar refractivity (Wildman–Crippen MR) is 63.6 cm³/mol. The van der Waals surface area contributed by atoms with Gasteiger partial charge in [-0.15, -0.1) is 0 Å². The maximum Gasteiger partial charge on any atom is 0.229 e. The number of amides is 1. The second kappa shape index (κ2) is 4.86. The van der Waals surface area contributed by atoms with Gasteiger partial charge in [0.25, 0.3) is 0 Å². The van der Waals surface area contributed by atoms with Crippen LogP contribution in [-0.4, -0.2) is 24.9 Å². The number of rotatable bonds is 2. The van der Waals surface area contributed by atoms with Crippen LogP contribution in [0.3, 0.4) is 0 Å². The molecule has 1 amide bonds. The van der Waals surface area contributed by atoms with Crippen LogP contribution in [-0.2, 0) is 4.79 Å². The smallest absolute Gasteiger partial charge is 0.229 e. The van der Waals surface area contributed by atoms with Gasteiger partial charge in [0.15, 0.2) is 0 Å². The number of hydrogen-bond acceptors (Lipinski definition) is 1. The highest BCUT2D eigenvalue weighted by Gasteiger charge is 2.21. The molecule has 82 valence electrons. The lowest BCUT2D eigenvalue weighted by Gasteiger charge is -2.18. The number of nitrogens with zero attached hydrogens (tertiary/aromatic N) is 1. The first-order valence-corrected chi connectivity index (χ1v) is 5.35. The molecule has 15 heavy (non-hydrogen) atoms. The lowest BCUT2D eigenvalue weighted by atomic mass is 10.00. The molecule has 0 spiro atoms. The van der Waals surface area contributed by atoms with Crippen molar-refractivity contribution in [1.29, 1.82) is 0 Å². The van der Waals surface area contributed by atoms with Crippen molar-refractivity contribution in [3.05, 3.63) is 33.8 Å². The fourth-order valence-electron chi connectivity index (χ4n) is 1.44. The average Bonchev–Trinajstić information content (AvgIpc) is 2.15. The molecule has 0 saturated carbocycles. The minimum atomic E-state index is -0.318. The van der Waals surface area contributed by atoms with Crippen LogP contribution in [0.5, 0.6) is 0 Å². The number of carbonyl (C=O) groups excluding carboxylic acids is 1. The van der Waals surface area contributed by atoms with Crippen LogP contribution in [0.2, 0.25) is 10.0 Å². The zero-order valence-corrected chi connectivity index (χ0v) is 10.4. The second-order valence-electron chi connectivity index (χ2n) is 3.59. The maximum atomic E-state index is 11.8. The summed E-state index contributed by atoms with van der Waals surface area (Å²) in [5.74, 6) is -0.328. The Kier molecular flexibility index (Phi) is 4.00. The van der Waals surface area contributed by atoms with Crippen molar-refractivity contribution in [2.45, 2.75) is 12.8 Å². The summed E-state index contributed by atoms with van der Waals surface area (Å²) in [7, 11) is 3.42. The van der Waals surface area contributed by atoms with Crippen molar-refractivity contribution in [3.63, 3.8) is 0 Å². The molecule has 0 aliphatic rings. The van der Waals surface area contributed by atoms with E-state index in [-0.39, 0.29) is 11.8 Å². The summed E-state index contributed by atoms with van der Waals surface area (Å²) in [6.45, 7) is 1.80. The molecular formula is C11H13Cl2NO. The van der Waals surface area contributed by atoms with Gasteiger partial charge in [0.2, 0.25) is 5.91 Å². The first kappa shape index (κ1) is 12.3. The maximum absolute atomic E-state index is 11.8. The Bertz CT molecular complexity index is 357. The zero-order chi connectivity index (χ0) is 11.6. The molecule has 0 N–H and O–H groups in total. The van der Waals surface area contributed by atoms with Crippen molar-refractivity contribution in [2.75, 3.05) is 14.1 Å². The SMILES string of the molecule is C[C@H](C(=O)N(C)C)c1c(Cl)cccc1Cl. The van der Waals surface area contributed by atoms with Crippen LogP contribution in [0.1, 0.15) is 18.4 Å². The van der Waals surface area contributed by atoms with E-state index in [2.05, 4.69) is 0 Å². The summed E-state index contributed by atoms with van der Waals surface area (Å²) in [5, 5.41) is 1.07. The summed E-state index contributed by atoms with van der Waals surface area (Å²) < 4.78 is 0. The van der Waals surface area contributed by atoms with Gasteiger partial charge in [-0.3, -0.25) is 4.79 Å². The highest BCUT2D eigenvalue weighted by atomic mass is 35.5. The molecule has 0 fully saturated rings. The Balaban J connectivity index is 3.11. The van der Waals surface area contributed by atoms with Gasteiger partial charge in [0, 0.05) is 29.7 Å². The lowest BCUT2D eigenvalue weighted by Crippen LogP contribution is -2.27. The summed E-state index contributed by atoms with van der Waals surface area (Å²) >= 11 is 12.0. The van der Waals surface area contributed by atoms with Crippen LogP contribution in [0, 0.1) is 0 Å². The molecule has 0 saturated heterocycles. The fourth-order valence-corrected chi connectivity index (χ4v) is 2.16. The van der Waals surface area contributed by atoms with Crippen LogP contribution in [0.15, 0.2) is 18.2 Å². The summed E-state index contributed by atoms with van der Waals surface area (Å²) in [6.07, 6.45) is 0. The van der Waals surface area contributed by atoms with Gasteiger partial charge in [-0.25, -0.2) is 0 Å². The van der Waals surface area contributed by atoms with Gasteiger partial charge in [-0.2, -0.15) is 0 Å². The molecule has 1 rings (SSSR count). The lowest BCUT2D eigenvalue weighted by molar-refractivity contribution is -0.129. The molecule has 0 aromatic heterocycles. The number of benzene rings is 1. The molecule has 2 nitrogen and oxygen atoms in total. The second-order valence-corrected chi connectivity index (χ2v) is 4.40. The molecule has 0 bridgehead atoms. The number of hydrogen-bond donors (Lipinski definition) is 0. The van der Waals surface area contributed by atoms with Crippen LogP contribution in [0.25, 0.3) is 0 Å². The van der Waals surface area contributed by atoms with Gasteiger partial charge < -0.3 is 4.90 Å². The van der Waals surface area contributed by atoms with E-state index in [9.17, 15) is 4.79 Å². The van der Waals surface area contributed by atoms with Crippen molar-refractivity contribution in [2.24, 2.45) is 0 Å². The molecule has 1 aromatic rings. The van der Waals surface area contributed by atoms with Gasteiger partial charge in [0.1, 0.15) is 0 Å². The van der Waals surface area contributed by atoms with E-state index in [1.165, 1.54) is 4.90 Å². The van der Waals surface area contributed by atoms with Gasteiger partial charge in [0.05, 0.1) is 5.92 Å². The third-order valence-electron chi connectivity index (χ3n) is 2.24. The average molecular weight is 246 g/mol. The summed E-state index contributed by atoms with van der Waals surface area (Å²) in [4.78, 5) is 13.3. The van der Waals surface area contributed by atoms with E-state index < -0.39 is 0 Å². The van der Waals surface area contributed by atoms with Gasteiger partial charge in [-0.1, -0.05) is 29.3 Å². The molecular weight excluding hydrogens is 233 g/mol. The van der Waals surface area contributed by atoms with Gasteiger partial charge in [-0.05, 0) is 19.1 Å². The number of likely N-dealkylation sites (N-methyl/N-ethyl adjacent to an activating group) is 1. The Morgan fingerprint density at radius 1 is 1.27 bits per heavy atom. The minimum absolute atomic E-state index is 0.00926. The van der Waals surface area contributed by atoms with E-state index in [0.29, 0.717) is 15.6 Å². The third kappa shape index (κ3) is 2.64. The van der Waals surface area contributed by atoms with E-state index in [4.69, 9.17) is 23.2 Å². The van der Waals surface area contributed by atoms with Crippen molar-refractivity contribution >= 4 is 29.1 Å². The number of carbonyl (C=O) groups is 1. The molecule has 0 aliphatic carbocycles. The monoisotopic (exact) mass is 245 g/mol. The molecule has 0 aliphatic heterocycles. The molecule has 4 heteroatoms. The quantitative estimate of drug-likeness (QED) is 0.784. The van der Waals surface area contributed by atoms with Crippen molar-refractivity contribution in [3.8, 4) is 0 Å². The largest absolute Gasteiger partial charge is 0.348 e. The van der Waals surface area contributed by atoms with Crippen LogP contribution >= 0.6 is 23.2 Å². The number of halogens is 2. The summed E-state index contributed by atoms with van der Waals surface area (Å²) in [5.41, 5.74) is 0.694. The summed E-state index contributed by atoms with van der Waals surface area (Å²) in [6, 6.07) is 5.24. The van der Waals surface area contributed by atoms with E-state index in [0.717, 1.165) is 0 Å². The topological polar surface area (TPSA) is 20.3 Å². The van der Waals surface area contributed by atoms with E-state index in [1.54, 1.807) is 39.2 Å². The highest BCUT2D eigenvalue weighted by Crippen LogP contribution is 2.31. The van der Waals surface area contributed by atoms with Crippen molar-refractivity contribution in [1.82, 2.24) is 4.90 Å². The van der Waals surface area contributed by atoms with Crippen molar-refractivity contribution < 1.29 is 4.79 Å². The fraction of sp³-hybridized carbons (Fsp3) is 0.364. The molecule has 1 aromatic carbocycles. The minimum Gasteiger partial charge on any atom is -0.348 e. The Labute approximate surface area is 99.8 Å². The first-order chi connectivity index (χ1) is 6.95. The van der Waals surface area contributed by atoms with E-state index >= 15 is 0 Å². The van der Waals surface area contributed by atoms with E-state index in [1.807, 2.05) is 0 Å². The molecule has 1 atom stereocenters. The molecule has 0 unspecified atom stereocenters.